The number of benzene rings is 2. The van der Waals surface area contributed by atoms with E-state index in [1.165, 1.54) is 0 Å². The molecular formula is C36H28N12Pt2. The molecule has 0 radical (unpaired) electrons. The predicted molar refractivity (Wildman–Crippen MR) is 184 cm³/mol. The van der Waals surface area contributed by atoms with Crippen molar-refractivity contribution in [2.45, 2.75) is 0 Å². The first-order chi connectivity index (χ1) is 23.4. The van der Waals surface area contributed by atoms with Crippen LogP contribution in [-0.4, -0.2) is 47.3 Å². The Kier molecular flexibility index (Phi) is 8.62. The van der Waals surface area contributed by atoms with Crippen LogP contribution in [0, 0.1) is 12.5 Å². The number of hydrogen-bond acceptors (Lipinski definition) is 4. The zero-order valence-corrected chi connectivity index (χ0v) is 31.8. The molecule has 0 atom stereocenters. The fourth-order valence-corrected chi connectivity index (χ4v) is 6.39. The van der Waals surface area contributed by atoms with E-state index in [0.717, 1.165) is 78.3 Å². The van der Waals surface area contributed by atoms with Crippen molar-refractivity contribution in [2.75, 3.05) is 0 Å². The number of aromatic nitrogens is 12. The van der Waals surface area contributed by atoms with Gasteiger partial charge in [-0.05, 0) is 58.3 Å². The molecule has 252 valence electrons. The fraction of sp³-hybridized carbons (Fsp3) is 0.111. The monoisotopic (exact) mass is 1020 g/mol. The van der Waals surface area contributed by atoms with Gasteiger partial charge >= 0.3 is 42.1 Å². The zero-order chi connectivity index (χ0) is 32.5. The molecule has 8 aromatic heterocycles. The molecule has 14 heteroatoms. The molecule has 0 aliphatic carbocycles. The van der Waals surface area contributed by atoms with E-state index in [0.29, 0.717) is 0 Å². The van der Waals surface area contributed by atoms with E-state index in [2.05, 4.69) is 74.9 Å². The third kappa shape index (κ3) is 5.30. The molecule has 10 aromatic rings. The van der Waals surface area contributed by atoms with Gasteiger partial charge in [-0.15, -0.1) is 12.4 Å². The molecule has 0 aliphatic heterocycles. The molecule has 0 saturated heterocycles. The van der Waals surface area contributed by atoms with Crippen LogP contribution in [0.3, 0.4) is 0 Å². The van der Waals surface area contributed by atoms with Gasteiger partial charge in [0.2, 0.25) is 0 Å². The van der Waals surface area contributed by atoms with Gasteiger partial charge in [-0.1, -0.05) is 84.0 Å². The summed E-state index contributed by atoms with van der Waals surface area (Å²) in [7, 11) is 7.82. The molecule has 0 amide bonds. The Labute approximate surface area is 314 Å². The van der Waals surface area contributed by atoms with Crippen molar-refractivity contribution in [2.24, 2.45) is 28.2 Å². The third-order valence-corrected chi connectivity index (χ3v) is 8.67. The first-order valence-corrected chi connectivity index (χ1v) is 15.3. The second-order valence-electron chi connectivity index (χ2n) is 11.9. The van der Waals surface area contributed by atoms with Gasteiger partial charge in [-0.3, -0.25) is 0 Å². The summed E-state index contributed by atoms with van der Waals surface area (Å²) in [4.78, 5) is 27.4. The Morgan fingerprint density at radius 3 is 1.78 bits per heavy atom. The second kappa shape index (κ2) is 12.9. The average molecular weight is 1020 g/mol. The van der Waals surface area contributed by atoms with Crippen molar-refractivity contribution >= 4 is 43.9 Å². The maximum Gasteiger partial charge on any atom is 2.00 e. The fourth-order valence-electron chi connectivity index (χ4n) is 6.39. The van der Waals surface area contributed by atoms with E-state index in [-0.39, 0.29) is 42.1 Å². The summed E-state index contributed by atoms with van der Waals surface area (Å²) in [6.07, 6.45) is 21.1. The summed E-state index contributed by atoms with van der Waals surface area (Å²) in [6, 6.07) is 16.6. The molecule has 0 saturated carbocycles. The van der Waals surface area contributed by atoms with Crippen LogP contribution in [-0.2, 0) is 70.3 Å². The van der Waals surface area contributed by atoms with Gasteiger partial charge in [0.1, 0.15) is 5.95 Å². The first-order valence-electron chi connectivity index (χ1n) is 15.3. The zero-order valence-electron chi connectivity index (χ0n) is 27.2. The van der Waals surface area contributed by atoms with Gasteiger partial charge in [-0.25, -0.2) is 9.97 Å². The standard InChI is InChI=1S/2C18H14N6.2Pt/c2*1-22-10-15(20-11-22)14-5-3-4-12-13-6-8-24(17(13)21-16(12)14)18-19-7-9-23(18)2;;/h3-6,8-11H,1-2H3;3-10H,1-2H3;;/q2*-2;2*+2. The Hall–Kier alpha value is -5.18. The molecule has 50 heavy (non-hydrogen) atoms. The smallest absolute Gasteiger partial charge is 0.472 e. The van der Waals surface area contributed by atoms with Gasteiger partial charge in [0.15, 0.2) is 0 Å². The van der Waals surface area contributed by atoms with Gasteiger partial charge in [-0.2, -0.15) is 0 Å². The third-order valence-electron chi connectivity index (χ3n) is 8.67. The largest absolute Gasteiger partial charge is 2.00 e. The molecule has 0 aliphatic rings. The number of aryl methyl sites for hydroxylation is 4. The van der Waals surface area contributed by atoms with Crippen molar-refractivity contribution in [1.82, 2.24) is 57.3 Å². The average Bonchev–Trinajstić information content (AvgIpc) is 3.92. The van der Waals surface area contributed by atoms with Gasteiger partial charge in [0, 0.05) is 44.6 Å². The van der Waals surface area contributed by atoms with E-state index in [9.17, 15) is 0 Å². The van der Waals surface area contributed by atoms with Gasteiger partial charge in [0.25, 0.3) is 0 Å². The number of imidazole rings is 4. The van der Waals surface area contributed by atoms with Crippen LogP contribution in [0.25, 0.3) is 78.3 Å². The summed E-state index contributed by atoms with van der Waals surface area (Å²) in [6.45, 7) is 0. The van der Waals surface area contributed by atoms with Crippen LogP contribution in [0.15, 0.2) is 98.2 Å². The quantitative estimate of drug-likeness (QED) is 0.221. The summed E-state index contributed by atoms with van der Waals surface area (Å²) >= 11 is 0. The minimum absolute atomic E-state index is 0. The molecule has 0 fully saturated rings. The second-order valence-corrected chi connectivity index (χ2v) is 11.9. The van der Waals surface area contributed by atoms with Crippen molar-refractivity contribution in [3.8, 4) is 34.4 Å². The first kappa shape index (κ1) is 33.3. The van der Waals surface area contributed by atoms with E-state index in [1.807, 2.05) is 98.8 Å². The number of nitrogens with zero attached hydrogens (tertiary/aromatic N) is 12. The number of para-hydroxylation sites is 2. The maximum atomic E-state index is 4.90. The van der Waals surface area contributed by atoms with Crippen molar-refractivity contribution in [3.05, 3.63) is 111 Å². The molecule has 0 bridgehead atoms. The van der Waals surface area contributed by atoms with Gasteiger partial charge < -0.3 is 47.3 Å². The normalized spacial score (nSPS) is 11.3. The molecule has 12 nitrogen and oxygen atoms in total. The number of fused-ring (bicyclic) bond motifs is 6. The Morgan fingerprint density at radius 2 is 1.26 bits per heavy atom. The maximum absolute atomic E-state index is 4.90. The number of rotatable bonds is 4. The SMILES string of the molecule is Cn1[c-]nc(-c2cccc3c2[n-]c2c3ccn2-c2nccn2C)c1.Cn1cnc(-c2cccc3c2[n-]c2c3ccn2-c2n[c-]cn2C)c1.[Pt+2].[Pt+2]. The Bertz CT molecular complexity index is 2570. The number of hydrogen-bond donors (Lipinski definition) is 0. The topological polar surface area (TPSA) is 109 Å². The van der Waals surface area contributed by atoms with Crippen molar-refractivity contribution < 1.29 is 42.1 Å². The predicted octanol–water partition coefficient (Wildman–Crippen LogP) is 5.35. The van der Waals surface area contributed by atoms with E-state index < -0.39 is 0 Å². The minimum atomic E-state index is 0. The summed E-state index contributed by atoms with van der Waals surface area (Å²) < 4.78 is 11.7. The van der Waals surface area contributed by atoms with Crippen LogP contribution in [0.1, 0.15) is 0 Å². The molecule has 8 heterocycles. The van der Waals surface area contributed by atoms with Crippen LogP contribution in [0.2, 0.25) is 0 Å². The van der Waals surface area contributed by atoms with Crippen LogP contribution in [0.4, 0.5) is 0 Å². The molecule has 0 N–H and O–H groups in total. The van der Waals surface area contributed by atoms with Crippen LogP contribution >= 0.6 is 0 Å². The molecule has 10 rings (SSSR count). The minimum Gasteiger partial charge on any atom is -0.472 e. The van der Waals surface area contributed by atoms with Gasteiger partial charge in [0.05, 0.1) is 12.0 Å². The molecule has 0 unspecified atom stereocenters. The van der Waals surface area contributed by atoms with Crippen LogP contribution in [0.5, 0.6) is 0 Å². The molecule has 2 aromatic carbocycles. The summed E-state index contributed by atoms with van der Waals surface area (Å²) in [5.74, 6) is 1.65. The Balaban J connectivity index is 0.000000151. The summed E-state index contributed by atoms with van der Waals surface area (Å²) in [5, 5.41) is 4.49. The molecule has 0 spiro atoms. The van der Waals surface area contributed by atoms with Crippen LogP contribution < -0.4 is 9.97 Å². The van der Waals surface area contributed by atoms with E-state index in [1.54, 1.807) is 12.5 Å². The van der Waals surface area contributed by atoms with E-state index >= 15 is 0 Å². The van der Waals surface area contributed by atoms with Crippen molar-refractivity contribution in [3.63, 3.8) is 0 Å². The Morgan fingerprint density at radius 1 is 0.620 bits per heavy atom. The molecular weight excluding hydrogens is 991 g/mol. The summed E-state index contributed by atoms with van der Waals surface area (Å²) in [5.41, 5.74) is 7.61. The van der Waals surface area contributed by atoms with Crippen molar-refractivity contribution in [1.29, 1.82) is 0 Å². The van der Waals surface area contributed by atoms with E-state index in [4.69, 9.17) is 9.97 Å².